The molecule has 0 aliphatic rings. The molecule has 3 aromatic rings. The summed E-state index contributed by atoms with van der Waals surface area (Å²) in [6, 6.07) is 15.0. The van der Waals surface area contributed by atoms with Crippen molar-refractivity contribution in [2.24, 2.45) is 0 Å². The summed E-state index contributed by atoms with van der Waals surface area (Å²) in [7, 11) is 0. The van der Waals surface area contributed by atoms with Gasteiger partial charge < -0.3 is 14.0 Å². The van der Waals surface area contributed by atoms with Gasteiger partial charge >= 0.3 is 11.9 Å². The van der Waals surface area contributed by atoms with Crippen molar-refractivity contribution >= 4 is 50.7 Å². The Morgan fingerprint density at radius 2 is 1.80 bits per heavy atom. The number of rotatable bonds is 7. The number of carbonyl (C=O) groups is 2. The lowest BCUT2D eigenvalue weighted by atomic mass is 10.1. The quantitative estimate of drug-likeness (QED) is 0.258. The molecule has 0 fully saturated rings. The zero-order valence-corrected chi connectivity index (χ0v) is 19.5. The number of ether oxygens (including phenoxy) is 2. The van der Waals surface area contributed by atoms with Crippen LogP contribution < -0.4 is 0 Å². The number of hydrogen-bond donors (Lipinski definition) is 0. The molecule has 0 N–H and O–H groups in total. The second-order valence-electron chi connectivity index (χ2n) is 7.58. The fourth-order valence-corrected chi connectivity index (χ4v) is 4.01. The summed E-state index contributed by atoms with van der Waals surface area (Å²) in [6.45, 7) is 5.65. The molecule has 6 nitrogen and oxygen atoms in total. The number of fused-ring (bicyclic) bond motifs is 1. The predicted molar refractivity (Wildman–Crippen MR) is 121 cm³/mol. The number of aromatic nitrogens is 2. The van der Waals surface area contributed by atoms with Crippen molar-refractivity contribution in [1.29, 1.82) is 0 Å². The first kappa shape index (κ1) is 22.4. The predicted octanol–water partition coefficient (Wildman–Crippen LogP) is 5.18. The maximum absolute atomic E-state index is 12.4. The topological polar surface area (TPSA) is 70.4 Å². The Balaban J connectivity index is 1.77. The maximum atomic E-state index is 12.4. The van der Waals surface area contributed by atoms with Crippen LogP contribution in [0, 0.1) is 0 Å². The number of thioether (sulfide) groups is 1. The Morgan fingerprint density at radius 1 is 1.10 bits per heavy atom. The molecule has 0 saturated carbocycles. The molecule has 0 amide bonds. The highest BCUT2D eigenvalue weighted by atomic mass is 79.9. The summed E-state index contributed by atoms with van der Waals surface area (Å²) >= 11 is 4.61. The van der Waals surface area contributed by atoms with E-state index in [1.807, 2.05) is 61.7 Å². The van der Waals surface area contributed by atoms with Crippen molar-refractivity contribution in [1.82, 2.24) is 9.55 Å². The first-order valence-corrected chi connectivity index (χ1v) is 11.5. The van der Waals surface area contributed by atoms with Gasteiger partial charge in [0.1, 0.15) is 17.7 Å². The largest absolute Gasteiger partial charge is 0.459 e. The van der Waals surface area contributed by atoms with E-state index >= 15 is 0 Å². The average Bonchev–Trinajstić information content (AvgIpc) is 3.03. The van der Waals surface area contributed by atoms with Gasteiger partial charge in [-0.2, -0.15) is 0 Å². The van der Waals surface area contributed by atoms with Crippen LogP contribution in [0.4, 0.5) is 0 Å². The standard InChI is InChI=1S/C22H23BrN2O4S/c1-22(2,3)29-19(26)12-25-18-7-5-4-6-17(18)24-21(25)30-13-15-8-10-16(11-9-15)20(27)28-14-23/h4-11H,12-14H2,1-3H3. The zero-order chi connectivity index (χ0) is 21.7. The summed E-state index contributed by atoms with van der Waals surface area (Å²) in [5.41, 5.74) is 2.87. The van der Waals surface area contributed by atoms with E-state index in [9.17, 15) is 9.59 Å². The normalized spacial score (nSPS) is 11.5. The third-order valence-electron chi connectivity index (χ3n) is 4.07. The van der Waals surface area contributed by atoms with Crippen LogP contribution in [0.2, 0.25) is 0 Å². The summed E-state index contributed by atoms with van der Waals surface area (Å²) < 4.78 is 12.3. The number of nitrogens with zero attached hydrogens (tertiary/aromatic N) is 2. The lowest BCUT2D eigenvalue weighted by molar-refractivity contribution is -0.155. The van der Waals surface area contributed by atoms with E-state index < -0.39 is 5.60 Å². The van der Waals surface area contributed by atoms with Gasteiger partial charge in [0.2, 0.25) is 0 Å². The number of carbonyl (C=O) groups excluding carboxylic acids is 2. The van der Waals surface area contributed by atoms with Gasteiger partial charge in [-0.15, -0.1) is 0 Å². The second-order valence-corrected chi connectivity index (χ2v) is 8.98. The second kappa shape index (κ2) is 9.66. The molecule has 0 spiro atoms. The molecule has 1 aromatic heterocycles. The van der Waals surface area contributed by atoms with Crippen LogP contribution in [0.1, 0.15) is 36.7 Å². The Labute approximate surface area is 188 Å². The molecule has 0 radical (unpaired) electrons. The molecule has 0 bridgehead atoms. The molecule has 2 aromatic carbocycles. The first-order chi connectivity index (χ1) is 14.3. The van der Waals surface area contributed by atoms with Crippen LogP contribution in [0.3, 0.4) is 0 Å². The average molecular weight is 491 g/mol. The fraction of sp³-hybridized carbons (Fsp3) is 0.318. The van der Waals surface area contributed by atoms with Crippen molar-refractivity contribution in [3.05, 3.63) is 59.7 Å². The molecular weight excluding hydrogens is 468 g/mol. The van der Waals surface area contributed by atoms with Crippen LogP contribution in [0.5, 0.6) is 0 Å². The summed E-state index contributed by atoms with van der Waals surface area (Å²) in [4.78, 5) is 28.9. The number of esters is 2. The Morgan fingerprint density at radius 3 is 2.47 bits per heavy atom. The molecule has 0 atom stereocenters. The molecule has 0 unspecified atom stereocenters. The Bertz CT molecular complexity index is 1040. The van der Waals surface area contributed by atoms with E-state index in [0.717, 1.165) is 21.8 Å². The maximum Gasteiger partial charge on any atom is 0.338 e. The van der Waals surface area contributed by atoms with Crippen LogP contribution in [-0.2, 0) is 26.6 Å². The number of para-hydroxylation sites is 2. The number of imidazole rings is 1. The van der Waals surface area contributed by atoms with Gasteiger partial charge in [-0.25, -0.2) is 9.78 Å². The highest BCUT2D eigenvalue weighted by molar-refractivity contribution is 9.09. The van der Waals surface area contributed by atoms with Crippen molar-refractivity contribution < 1.29 is 19.1 Å². The SMILES string of the molecule is CC(C)(C)OC(=O)Cn1c(SCc2ccc(C(=O)OCBr)cc2)nc2ccccc21. The molecular formula is C22H23BrN2O4S. The van der Waals surface area contributed by atoms with E-state index in [-0.39, 0.29) is 24.0 Å². The van der Waals surface area contributed by atoms with Gasteiger partial charge in [-0.1, -0.05) is 36.0 Å². The summed E-state index contributed by atoms with van der Waals surface area (Å²) in [6.07, 6.45) is 0. The smallest absolute Gasteiger partial charge is 0.338 e. The minimum atomic E-state index is -0.543. The minimum Gasteiger partial charge on any atom is -0.459 e. The van der Waals surface area contributed by atoms with E-state index in [2.05, 4.69) is 20.9 Å². The van der Waals surface area contributed by atoms with Gasteiger partial charge in [0.15, 0.2) is 5.16 Å². The van der Waals surface area contributed by atoms with Crippen LogP contribution in [0.25, 0.3) is 11.0 Å². The van der Waals surface area contributed by atoms with Gasteiger partial charge in [-0.05, 0) is 66.5 Å². The molecule has 8 heteroatoms. The van der Waals surface area contributed by atoms with Crippen molar-refractivity contribution in [3.8, 4) is 0 Å². The Hall–Kier alpha value is -2.32. The Kier molecular flexibility index (Phi) is 7.20. The van der Waals surface area contributed by atoms with Gasteiger partial charge in [0.05, 0.1) is 16.6 Å². The van der Waals surface area contributed by atoms with Gasteiger partial charge in [0, 0.05) is 5.75 Å². The van der Waals surface area contributed by atoms with Crippen LogP contribution >= 0.6 is 27.7 Å². The lowest BCUT2D eigenvalue weighted by Gasteiger charge is -2.20. The monoisotopic (exact) mass is 490 g/mol. The van der Waals surface area contributed by atoms with E-state index in [1.165, 1.54) is 11.8 Å². The molecule has 30 heavy (non-hydrogen) atoms. The van der Waals surface area contributed by atoms with Gasteiger partial charge in [-0.3, -0.25) is 4.79 Å². The van der Waals surface area contributed by atoms with Crippen molar-refractivity contribution in [2.45, 2.75) is 43.8 Å². The number of benzene rings is 2. The summed E-state index contributed by atoms with van der Waals surface area (Å²) in [5.74, 6) is -0.0295. The highest BCUT2D eigenvalue weighted by Crippen LogP contribution is 2.27. The molecule has 1 heterocycles. The third-order valence-corrected chi connectivity index (χ3v) is 5.35. The minimum absolute atomic E-state index is 0.0947. The number of alkyl halides is 1. The molecule has 3 rings (SSSR count). The molecule has 0 aliphatic carbocycles. The van der Waals surface area contributed by atoms with Crippen LogP contribution in [-0.4, -0.2) is 32.6 Å². The van der Waals surface area contributed by atoms with Crippen molar-refractivity contribution in [3.63, 3.8) is 0 Å². The third kappa shape index (κ3) is 5.86. The first-order valence-electron chi connectivity index (χ1n) is 9.39. The number of hydrogen-bond acceptors (Lipinski definition) is 6. The fourth-order valence-electron chi connectivity index (χ4n) is 2.84. The molecule has 0 aliphatic heterocycles. The van der Waals surface area contributed by atoms with E-state index in [1.54, 1.807) is 12.1 Å². The number of halogens is 1. The zero-order valence-electron chi connectivity index (χ0n) is 17.1. The van der Waals surface area contributed by atoms with Crippen LogP contribution in [0.15, 0.2) is 53.7 Å². The summed E-state index contributed by atoms with van der Waals surface area (Å²) in [5, 5.41) is 0.741. The molecule has 0 saturated heterocycles. The van der Waals surface area contributed by atoms with E-state index in [4.69, 9.17) is 9.47 Å². The van der Waals surface area contributed by atoms with Gasteiger partial charge in [0.25, 0.3) is 0 Å². The molecule has 158 valence electrons. The highest BCUT2D eigenvalue weighted by Gasteiger charge is 2.20. The lowest BCUT2D eigenvalue weighted by Crippen LogP contribution is -2.26. The van der Waals surface area contributed by atoms with E-state index in [0.29, 0.717) is 11.3 Å². The van der Waals surface area contributed by atoms with Crippen molar-refractivity contribution in [2.75, 3.05) is 5.52 Å².